The van der Waals surface area contributed by atoms with Crippen LogP contribution in [0.25, 0.3) is 0 Å². The summed E-state index contributed by atoms with van der Waals surface area (Å²) in [6, 6.07) is 0. The first-order valence-corrected chi connectivity index (χ1v) is 5.54. The van der Waals surface area contributed by atoms with Gasteiger partial charge in [-0.15, -0.1) is 12.4 Å². The molecule has 1 unspecified atom stereocenters. The lowest BCUT2D eigenvalue weighted by atomic mass is 10.2. The molecular weight excluding hydrogens is 232 g/mol. The van der Waals surface area contributed by atoms with Crippen LogP contribution in [0.1, 0.15) is 6.42 Å². The van der Waals surface area contributed by atoms with E-state index in [1.54, 1.807) is 0 Å². The van der Waals surface area contributed by atoms with Crippen molar-refractivity contribution in [3.05, 3.63) is 0 Å². The molecular formula is C10H19ClN2O3. The average Bonchev–Trinajstić information content (AvgIpc) is 2.31. The van der Waals surface area contributed by atoms with Crippen molar-refractivity contribution in [1.82, 2.24) is 10.2 Å². The van der Waals surface area contributed by atoms with Crippen LogP contribution in [0.3, 0.4) is 0 Å². The second-order valence-electron chi connectivity index (χ2n) is 3.89. The number of hydrogen-bond donors (Lipinski definition) is 1. The van der Waals surface area contributed by atoms with Gasteiger partial charge in [-0.2, -0.15) is 0 Å². The second-order valence-corrected chi connectivity index (χ2v) is 3.89. The fourth-order valence-corrected chi connectivity index (χ4v) is 1.89. The van der Waals surface area contributed by atoms with E-state index >= 15 is 0 Å². The Bertz CT molecular complexity index is 216. The van der Waals surface area contributed by atoms with Crippen molar-refractivity contribution in [2.45, 2.75) is 12.5 Å². The van der Waals surface area contributed by atoms with Gasteiger partial charge in [0.25, 0.3) is 0 Å². The fraction of sp³-hybridized carbons (Fsp3) is 0.900. The average molecular weight is 251 g/mol. The zero-order chi connectivity index (χ0) is 10.5. The van der Waals surface area contributed by atoms with Crippen molar-refractivity contribution in [1.29, 1.82) is 0 Å². The molecule has 1 amide bonds. The summed E-state index contributed by atoms with van der Waals surface area (Å²) in [5.74, 6) is 0.187. The first-order valence-electron chi connectivity index (χ1n) is 5.54. The number of morpholine rings is 2. The maximum Gasteiger partial charge on any atom is 0.225 e. The molecule has 2 aliphatic heterocycles. The van der Waals surface area contributed by atoms with Gasteiger partial charge in [-0.25, -0.2) is 0 Å². The predicted octanol–water partition coefficient (Wildman–Crippen LogP) is -0.354. The zero-order valence-electron chi connectivity index (χ0n) is 9.31. The number of nitrogens with one attached hydrogen (secondary N) is 1. The molecule has 0 radical (unpaired) electrons. The van der Waals surface area contributed by atoms with Crippen LogP contribution >= 0.6 is 12.4 Å². The smallest absolute Gasteiger partial charge is 0.225 e. The SMILES string of the molecule is Cl.O=C(CC1CNCCO1)N1CCOCC1. The number of nitrogens with zero attached hydrogens (tertiary/aromatic N) is 1. The molecule has 2 saturated heterocycles. The molecule has 0 aromatic heterocycles. The van der Waals surface area contributed by atoms with Crippen molar-refractivity contribution in [3.63, 3.8) is 0 Å². The summed E-state index contributed by atoms with van der Waals surface area (Å²) in [7, 11) is 0. The highest BCUT2D eigenvalue weighted by molar-refractivity contribution is 5.85. The van der Waals surface area contributed by atoms with E-state index in [1.807, 2.05) is 4.90 Å². The van der Waals surface area contributed by atoms with Gasteiger partial charge in [0.1, 0.15) is 0 Å². The normalized spacial score (nSPS) is 26.0. The molecule has 0 bridgehead atoms. The van der Waals surface area contributed by atoms with E-state index < -0.39 is 0 Å². The molecule has 0 aromatic carbocycles. The molecule has 0 aromatic rings. The molecule has 6 heteroatoms. The van der Waals surface area contributed by atoms with Gasteiger partial charge in [-0.05, 0) is 0 Å². The van der Waals surface area contributed by atoms with Crippen LogP contribution in [0.4, 0.5) is 0 Å². The Morgan fingerprint density at radius 1 is 1.31 bits per heavy atom. The predicted molar refractivity (Wildman–Crippen MR) is 61.9 cm³/mol. The van der Waals surface area contributed by atoms with Crippen molar-refractivity contribution < 1.29 is 14.3 Å². The Morgan fingerprint density at radius 2 is 2.06 bits per heavy atom. The van der Waals surface area contributed by atoms with Crippen LogP contribution in [0.15, 0.2) is 0 Å². The molecule has 1 N–H and O–H groups in total. The minimum absolute atomic E-state index is 0. The summed E-state index contributed by atoms with van der Waals surface area (Å²) in [6.07, 6.45) is 0.543. The minimum Gasteiger partial charge on any atom is -0.378 e. The molecule has 0 aliphatic carbocycles. The van der Waals surface area contributed by atoms with Crippen LogP contribution in [0.2, 0.25) is 0 Å². The van der Waals surface area contributed by atoms with Crippen LogP contribution in [-0.4, -0.2) is 62.9 Å². The topological polar surface area (TPSA) is 50.8 Å². The number of halogens is 1. The maximum absolute atomic E-state index is 11.8. The Kier molecular flexibility index (Phi) is 6.05. The van der Waals surface area contributed by atoms with Crippen LogP contribution in [0, 0.1) is 0 Å². The van der Waals surface area contributed by atoms with Gasteiger partial charge in [-0.1, -0.05) is 0 Å². The van der Waals surface area contributed by atoms with Crippen molar-refractivity contribution in [3.8, 4) is 0 Å². The third-order valence-electron chi connectivity index (χ3n) is 2.77. The van der Waals surface area contributed by atoms with E-state index in [9.17, 15) is 4.79 Å². The lowest BCUT2D eigenvalue weighted by Crippen LogP contribution is -2.45. The molecule has 0 spiro atoms. The third-order valence-corrected chi connectivity index (χ3v) is 2.77. The number of ether oxygens (including phenoxy) is 2. The molecule has 16 heavy (non-hydrogen) atoms. The Hall–Kier alpha value is -0.360. The lowest BCUT2D eigenvalue weighted by Gasteiger charge is -2.29. The molecule has 2 heterocycles. The minimum atomic E-state index is 0. The maximum atomic E-state index is 11.8. The second kappa shape index (κ2) is 7.06. The van der Waals surface area contributed by atoms with E-state index in [-0.39, 0.29) is 24.4 Å². The van der Waals surface area contributed by atoms with Crippen molar-refractivity contribution in [2.75, 3.05) is 46.0 Å². The first kappa shape index (κ1) is 13.7. The van der Waals surface area contributed by atoms with Crippen LogP contribution < -0.4 is 5.32 Å². The number of carbonyl (C=O) groups is 1. The summed E-state index contributed by atoms with van der Waals surface area (Å²) in [6.45, 7) is 5.16. The Balaban J connectivity index is 0.00000128. The van der Waals surface area contributed by atoms with Gasteiger partial charge in [-0.3, -0.25) is 4.79 Å². The third kappa shape index (κ3) is 3.90. The Labute approximate surface area is 102 Å². The summed E-state index contributed by atoms with van der Waals surface area (Å²) < 4.78 is 10.7. The number of rotatable bonds is 2. The van der Waals surface area contributed by atoms with Gasteiger partial charge in [0.15, 0.2) is 0 Å². The first-order chi connectivity index (χ1) is 7.36. The molecule has 1 atom stereocenters. The van der Waals surface area contributed by atoms with E-state index in [0.717, 1.165) is 26.2 Å². The molecule has 2 rings (SSSR count). The fourth-order valence-electron chi connectivity index (χ4n) is 1.89. The highest BCUT2D eigenvalue weighted by Gasteiger charge is 2.22. The highest BCUT2D eigenvalue weighted by Crippen LogP contribution is 2.06. The molecule has 2 fully saturated rings. The summed E-state index contributed by atoms with van der Waals surface area (Å²) >= 11 is 0. The summed E-state index contributed by atoms with van der Waals surface area (Å²) in [4.78, 5) is 13.7. The van der Waals surface area contributed by atoms with E-state index in [2.05, 4.69) is 5.32 Å². The zero-order valence-corrected chi connectivity index (χ0v) is 10.1. The van der Waals surface area contributed by atoms with Gasteiger partial charge in [0.2, 0.25) is 5.91 Å². The summed E-state index contributed by atoms with van der Waals surface area (Å²) in [5, 5.41) is 3.22. The quantitative estimate of drug-likeness (QED) is 0.728. The highest BCUT2D eigenvalue weighted by atomic mass is 35.5. The van der Waals surface area contributed by atoms with Crippen LogP contribution in [-0.2, 0) is 14.3 Å². The van der Waals surface area contributed by atoms with Gasteiger partial charge < -0.3 is 19.7 Å². The molecule has 0 saturated carbocycles. The van der Waals surface area contributed by atoms with Crippen LogP contribution in [0.5, 0.6) is 0 Å². The van der Waals surface area contributed by atoms with Crippen molar-refractivity contribution in [2.24, 2.45) is 0 Å². The standard InChI is InChI=1S/C10H18N2O3.ClH/c13-10(12-2-5-14-6-3-12)7-9-8-11-1-4-15-9;/h9,11H,1-8H2;1H. The largest absolute Gasteiger partial charge is 0.378 e. The molecule has 2 aliphatic rings. The number of amides is 1. The molecule has 94 valence electrons. The number of carbonyl (C=O) groups excluding carboxylic acids is 1. The van der Waals surface area contributed by atoms with Gasteiger partial charge in [0.05, 0.1) is 32.3 Å². The Morgan fingerprint density at radius 3 is 2.69 bits per heavy atom. The monoisotopic (exact) mass is 250 g/mol. The lowest BCUT2D eigenvalue weighted by molar-refractivity contribution is -0.138. The van der Waals surface area contributed by atoms with Crippen molar-refractivity contribution >= 4 is 18.3 Å². The molecule has 5 nitrogen and oxygen atoms in total. The van der Waals surface area contributed by atoms with E-state index in [1.165, 1.54) is 0 Å². The van der Waals surface area contributed by atoms with E-state index in [0.29, 0.717) is 26.2 Å². The summed E-state index contributed by atoms with van der Waals surface area (Å²) in [5.41, 5.74) is 0. The van der Waals surface area contributed by atoms with Gasteiger partial charge in [0, 0.05) is 26.2 Å². The van der Waals surface area contributed by atoms with E-state index in [4.69, 9.17) is 9.47 Å². The number of hydrogen-bond acceptors (Lipinski definition) is 4. The van der Waals surface area contributed by atoms with Gasteiger partial charge >= 0.3 is 0 Å².